The van der Waals surface area contributed by atoms with Gasteiger partial charge >= 0.3 is 0 Å². The summed E-state index contributed by atoms with van der Waals surface area (Å²) in [6.07, 6.45) is 2.38. The molecule has 0 radical (unpaired) electrons. The largest absolute Gasteiger partial charge is 0.349 e. The summed E-state index contributed by atoms with van der Waals surface area (Å²) >= 11 is 0. The third-order valence-corrected chi connectivity index (χ3v) is 5.60. The van der Waals surface area contributed by atoms with Gasteiger partial charge in [0, 0.05) is 19.0 Å². The average molecular weight is 375 g/mol. The Morgan fingerprint density at radius 1 is 1.04 bits per heavy atom. The molecule has 28 heavy (non-hydrogen) atoms. The van der Waals surface area contributed by atoms with Gasteiger partial charge in [0.25, 0.3) is 11.5 Å². The predicted molar refractivity (Wildman–Crippen MR) is 112 cm³/mol. The summed E-state index contributed by atoms with van der Waals surface area (Å²) in [5, 5.41) is 4.48. The maximum absolute atomic E-state index is 12.9. The third kappa shape index (κ3) is 3.58. The van der Waals surface area contributed by atoms with Crippen molar-refractivity contribution in [3.05, 3.63) is 82.3 Å². The van der Waals surface area contributed by atoms with Gasteiger partial charge in [0.15, 0.2) is 0 Å². The maximum Gasteiger partial charge on any atom is 0.268 e. The van der Waals surface area contributed by atoms with Crippen LogP contribution in [-0.4, -0.2) is 35.0 Å². The van der Waals surface area contributed by atoms with E-state index in [1.807, 2.05) is 36.4 Å². The van der Waals surface area contributed by atoms with Crippen molar-refractivity contribution in [3.63, 3.8) is 0 Å². The molecule has 1 atom stereocenters. The number of pyridine rings is 1. The molecule has 1 fully saturated rings. The fourth-order valence-electron chi connectivity index (χ4n) is 4.04. The zero-order chi connectivity index (χ0) is 19.5. The van der Waals surface area contributed by atoms with Gasteiger partial charge in [-0.15, -0.1) is 0 Å². The zero-order valence-corrected chi connectivity index (χ0v) is 16.1. The van der Waals surface area contributed by atoms with Crippen molar-refractivity contribution in [2.24, 2.45) is 7.05 Å². The van der Waals surface area contributed by atoms with E-state index in [1.165, 1.54) is 23.0 Å². The molecule has 5 nitrogen and oxygen atoms in total. The molecule has 0 spiro atoms. The number of likely N-dealkylation sites (tertiary alicyclic amines) is 1. The van der Waals surface area contributed by atoms with E-state index in [2.05, 4.69) is 22.3 Å². The van der Waals surface area contributed by atoms with E-state index < -0.39 is 0 Å². The summed E-state index contributed by atoms with van der Waals surface area (Å²) in [5.41, 5.74) is 1.44. The lowest BCUT2D eigenvalue weighted by Gasteiger charge is -2.28. The Kier molecular flexibility index (Phi) is 5.26. The molecule has 5 heteroatoms. The number of benzene rings is 2. The smallest absolute Gasteiger partial charge is 0.268 e. The molecule has 0 aliphatic carbocycles. The summed E-state index contributed by atoms with van der Waals surface area (Å²) in [6, 6.07) is 19.6. The molecular formula is C23H25N3O2. The van der Waals surface area contributed by atoms with E-state index in [0.717, 1.165) is 18.5 Å². The summed E-state index contributed by atoms with van der Waals surface area (Å²) in [4.78, 5) is 27.9. The number of aromatic nitrogens is 1. The monoisotopic (exact) mass is 375 g/mol. The van der Waals surface area contributed by atoms with Crippen LogP contribution in [0, 0.1) is 0 Å². The Bertz CT molecular complexity index is 1040. The number of fused-ring (bicyclic) bond motifs is 1. The number of amides is 1. The van der Waals surface area contributed by atoms with Gasteiger partial charge in [-0.3, -0.25) is 14.5 Å². The highest BCUT2D eigenvalue weighted by molar-refractivity contribution is 5.96. The quantitative estimate of drug-likeness (QED) is 0.746. The summed E-state index contributed by atoms with van der Waals surface area (Å²) < 4.78 is 1.44. The van der Waals surface area contributed by atoms with Crippen LogP contribution in [0.5, 0.6) is 0 Å². The van der Waals surface area contributed by atoms with Gasteiger partial charge in [-0.1, -0.05) is 48.5 Å². The van der Waals surface area contributed by atoms with Crippen molar-refractivity contribution >= 4 is 16.7 Å². The standard InChI is InChI=1S/C23H25N3O2/c1-25-20(15-18-11-5-6-12-19(18)23(25)28)22(27)24-16-21(26-13-7-8-14-26)17-9-3-2-4-10-17/h2-6,9-12,15,21H,7-8,13-14,16H2,1H3,(H,24,27). The molecule has 1 saturated heterocycles. The normalized spacial score (nSPS) is 15.6. The first-order valence-corrected chi connectivity index (χ1v) is 9.81. The van der Waals surface area contributed by atoms with Gasteiger partial charge in [0.1, 0.15) is 5.69 Å². The van der Waals surface area contributed by atoms with Crippen molar-refractivity contribution in [3.8, 4) is 0 Å². The molecule has 144 valence electrons. The highest BCUT2D eigenvalue weighted by Gasteiger charge is 2.24. The van der Waals surface area contributed by atoms with Crippen molar-refractivity contribution in [2.75, 3.05) is 19.6 Å². The number of nitrogens with one attached hydrogen (secondary N) is 1. The zero-order valence-electron chi connectivity index (χ0n) is 16.1. The minimum Gasteiger partial charge on any atom is -0.349 e. The molecule has 1 amide bonds. The highest BCUT2D eigenvalue weighted by Crippen LogP contribution is 2.24. The number of nitrogens with zero attached hydrogens (tertiary/aromatic N) is 2. The van der Waals surface area contributed by atoms with Crippen molar-refractivity contribution < 1.29 is 4.79 Å². The van der Waals surface area contributed by atoms with E-state index in [4.69, 9.17) is 0 Å². The molecule has 0 saturated carbocycles. The van der Waals surface area contributed by atoms with E-state index in [1.54, 1.807) is 19.2 Å². The Hall–Kier alpha value is -2.92. The molecule has 1 aliphatic heterocycles. The molecule has 3 aromatic rings. The third-order valence-electron chi connectivity index (χ3n) is 5.60. The molecule has 0 bridgehead atoms. The van der Waals surface area contributed by atoms with Crippen LogP contribution in [0.1, 0.15) is 34.9 Å². The topological polar surface area (TPSA) is 54.3 Å². The first kappa shape index (κ1) is 18.4. The molecule has 1 N–H and O–H groups in total. The van der Waals surface area contributed by atoms with Crippen LogP contribution in [0.25, 0.3) is 10.8 Å². The number of hydrogen-bond acceptors (Lipinski definition) is 3. The molecule has 1 aromatic heterocycles. The van der Waals surface area contributed by atoms with Crippen LogP contribution >= 0.6 is 0 Å². The van der Waals surface area contributed by atoms with E-state index in [9.17, 15) is 9.59 Å². The molecule has 1 unspecified atom stereocenters. The number of carbonyl (C=O) groups is 1. The van der Waals surface area contributed by atoms with Crippen molar-refractivity contribution in [1.82, 2.24) is 14.8 Å². The molecule has 4 rings (SSSR count). The average Bonchev–Trinajstić information content (AvgIpc) is 3.26. The maximum atomic E-state index is 12.9. The van der Waals surface area contributed by atoms with Gasteiger partial charge in [-0.25, -0.2) is 0 Å². The number of rotatable bonds is 5. The second-order valence-electron chi connectivity index (χ2n) is 7.36. The fourth-order valence-corrected chi connectivity index (χ4v) is 4.04. The first-order valence-electron chi connectivity index (χ1n) is 9.81. The van der Waals surface area contributed by atoms with Crippen LogP contribution in [0.15, 0.2) is 65.5 Å². The van der Waals surface area contributed by atoms with E-state index in [-0.39, 0.29) is 17.5 Å². The second-order valence-corrected chi connectivity index (χ2v) is 7.36. The lowest BCUT2D eigenvalue weighted by Crippen LogP contribution is -2.38. The first-order chi connectivity index (χ1) is 13.6. The van der Waals surface area contributed by atoms with Crippen LogP contribution in [0.4, 0.5) is 0 Å². The van der Waals surface area contributed by atoms with E-state index >= 15 is 0 Å². The van der Waals surface area contributed by atoms with Gasteiger partial charge in [0.05, 0.1) is 6.04 Å². The number of carbonyl (C=O) groups excluding carboxylic acids is 1. The lowest BCUT2D eigenvalue weighted by atomic mass is 10.1. The van der Waals surface area contributed by atoms with Gasteiger partial charge in [-0.2, -0.15) is 0 Å². The molecule has 2 aromatic carbocycles. The molecule has 2 heterocycles. The minimum absolute atomic E-state index is 0.144. The van der Waals surface area contributed by atoms with Crippen LogP contribution in [0.2, 0.25) is 0 Å². The minimum atomic E-state index is -0.217. The van der Waals surface area contributed by atoms with Crippen LogP contribution in [-0.2, 0) is 7.05 Å². The molecular weight excluding hydrogens is 350 g/mol. The fraction of sp³-hybridized carbons (Fsp3) is 0.304. The lowest BCUT2D eigenvalue weighted by molar-refractivity contribution is 0.0928. The Labute approximate surface area is 164 Å². The summed E-state index contributed by atoms with van der Waals surface area (Å²) in [6.45, 7) is 2.61. The van der Waals surface area contributed by atoms with Gasteiger partial charge < -0.3 is 9.88 Å². The number of hydrogen-bond donors (Lipinski definition) is 1. The highest BCUT2D eigenvalue weighted by atomic mass is 16.2. The van der Waals surface area contributed by atoms with E-state index in [0.29, 0.717) is 17.6 Å². The molecule has 1 aliphatic rings. The van der Waals surface area contributed by atoms with Crippen molar-refractivity contribution in [2.45, 2.75) is 18.9 Å². The predicted octanol–water partition coefficient (Wildman–Crippen LogP) is 3.11. The summed E-state index contributed by atoms with van der Waals surface area (Å²) in [7, 11) is 1.65. The van der Waals surface area contributed by atoms with Gasteiger partial charge in [0.2, 0.25) is 0 Å². The Morgan fingerprint density at radius 3 is 2.46 bits per heavy atom. The SMILES string of the molecule is Cn1c(C(=O)NCC(c2ccccc2)N2CCCC2)cc2ccccc2c1=O. The van der Waals surface area contributed by atoms with Crippen molar-refractivity contribution in [1.29, 1.82) is 0 Å². The van der Waals surface area contributed by atoms with Crippen LogP contribution < -0.4 is 10.9 Å². The Balaban J connectivity index is 1.58. The summed E-state index contributed by atoms with van der Waals surface area (Å²) in [5.74, 6) is -0.217. The second kappa shape index (κ2) is 7.98. The Morgan fingerprint density at radius 2 is 1.71 bits per heavy atom. The van der Waals surface area contributed by atoms with Gasteiger partial charge in [-0.05, 0) is 49.0 Å². The van der Waals surface area contributed by atoms with Crippen LogP contribution in [0.3, 0.4) is 0 Å².